The molecule has 0 saturated carbocycles. The molecule has 1 amide bonds. The van der Waals surface area contributed by atoms with E-state index in [-0.39, 0.29) is 16.7 Å². The van der Waals surface area contributed by atoms with Gasteiger partial charge < -0.3 is 15.3 Å². The minimum absolute atomic E-state index is 0.00727. The predicted octanol–water partition coefficient (Wildman–Crippen LogP) is 3.31. The first kappa shape index (κ1) is 23.2. The number of likely N-dealkylation sites (tertiary alicyclic amines) is 1. The summed E-state index contributed by atoms with van der Waals surface area (Å²) in [5, 5.41) is 14.5. The molecular weight excluding hydrogens is 414 g/mol. The molecule has 2 aromatic carbocycles. The molecule has 0 bridgehead atoms. The van der Waals surface area contributed by atoms with Crippen molar-refractivity contribution in [3.05, 3.63) is 76.9 Å². The summed E-state index contributed by atoms with van der Waals surface area (Å²) in [7, 11) is 0. The fraction of sp³-hybridized carbons (Fsp3) is 0.407. The Balaban J connectivity index is 1.73. The molecule has 174 valence electrons. The predicted molar refractivity (Wildman–Crippen MR) is 130 cm³/mol. The first-order chi connectivity index (χ1) is 15.8. The number of carbonyl (C=O) groups excluding carboxylic acids is 2. The molecule has 6 heteroatoms. The van der Waals surface area contributed by atoms with Gasteiger partial charge in [0.05, 0.1) is 11.6 Å². The molecule has 2 aromatic rings. The van der Waals surface area contributed by atoms with Crippen LogP contribution in [0.15, 0.2) is 60.2 Å². The number of carbonyl (C=O) groups is 2. The summed E-state index contributed by atoms with van der Waals surface area (Å²) in [6.45, 7) is 11.2. The van der Waals surface area contributed by atoms with Crippen LogP contribution in [0.1, 0.15) is 43.5 Å². The Bertz CT molecular complexity index is 1030. The van der Waals surface area contributed by atoms with Gasteiger partial charge in [-0.05, 0) is 16.5 Å². The number of piperazine rings is 1. The fourth-order valence-corrected chi connectivity index (χ4v) is 4.56. The fourth-order valence-electron chi connectivity index (χ4n) is 4.56. The van der Waals surface area contributed by atoms with Gasteiger partial charge in [-0.1, -0.05) is 75.4 Å². The van der Waals surface area contributed by atoms with Gasteiger partial charge in [0.15, 0.2) is 0 Å². The number of rotatable bonds is 5. The maximum Gasteiger partial charge on any atom is 0.295 e. The minimum atomic E-state index is -0.624. The van der Waals surface area contributed by atoms with Crippen LogP contribution in [0.2, 0.25) is 0 Å². The number of hydrogen-bond donors (Lipinski definition) is 2. The van der Waals surface area contributed by atoms with Crippen molar-refractivity contribution < 1.29 is 14.7 Å². The van der Waals surface area contributed by atoms with Crippen LogP contribution >= 0.6 is 0 Å². The second-order valence-corrected chi connectivity index (χ2v) is 9.82. The lowest BCUT2D eigenvalue weighted by molar-refractivity contribution is -0.140. The molecule has 1 unspecified atom stereocenters. The van der Waals surface area contributed by atoms with E-state index in [1.807, 2.05) is 42.5 Å². The molecule has 4 rings (SSSR count). The van der Waals surface area contributed by atoms with Crippen LogP contribution in [0.3, 0.4) is 0 Å². The number of hydrogen-bond acceptors (Lipinski definition) is 5. The number of ketones is 1. The topological polar surface area (TPSA) is 72.9 Å². The van der Waals surface area contributed by atoms with Crippen molar-refractivity contribution in [1.82, 2.24) is 15.1 Å². The highest BCUT2D eigenvalue weighted by Crippen LogP contribution is 2.39. The maximum absolute atomic E-state index is 13.2. The lowest BCUT2D eigenvalue weighted by atomic mass is 9.85. The Labute approximate surface area is 195 Å². The number of benzene rings is 2. The highest BCUT2D eigenvalue weighted by Gasteiger charge is 2.46. The van der Waals surface area contributed by atoms with Crippen LogP contribution in [-0.4, -0.2) is 65.9 Å². The highest BCUT2D eigenvalue weighted by atomic mass is 16.3. The second kappa shape index (κ2) is 9.49. The van der Waals surface area contributed by atoms with Crippen LogP contribution in [-0.2, 0) is 15.0 Å². The average molecular weight is 448 g/mol. The van der Waals surface area contributed by atoms with Crippen LogP contribution < -0.4 is 5.32 Å². The second-order valence-electron chi connectivity index (χ2n) is 9.82. The SMILES string of the molecule is CC(C)(C)c1ccc(C2C(=C(O)c3ccccc3)C(=O)C(=O)N2CCN2CCNCC2)cc1. The van der Waals surface area contributed by atoms with Gasteiger partial charge >= 0.3 is 0 Å². The third kappa shape index (κ3) is 4.87. The normalized spacial score (nSPS) is 21.5. The van der Waals surface area contributed by atoms with E-state index in [1.165, 1.54) is 5.56 Å². The van der Waals surface area contributed by atoms with Gasteiger partial charge in [0, 0.05) is 44.8 Å². The van der Waals surface area contributed by atoms with Crippen molar-refractivity contribution in [2.24, 2.45) is 0 Å². The molecule has 2 aliphatic heterocycles. The van der Waals surface area contributed by atoms with Crippen molar-refractivity contribution in [2.45, 2.75) is 32.2 Å². The van der Waals surface area contributed by atoms with Crippen LogP contribution in [0.25, 0.3) is 5.76 Å². The summed E-state index contributed by atoms with van der Waals surface area (Å²) < 4.78 is 0. The number of Topliss-reactive ketones (excluding diaryl/α,β-unsaturated/α-hetero) is 1. The smallest absolute Gasteiger partial charge is 0.295 e. The van der Waals surface area contributed by atoms with Gasteiger partial charge in [0.1, 0.15) is 5.76 Å². The Morgan fingerprint density at radius 1 is 0.970 bits per heavy atom. The standard InChI is InChI=1S/C27H33N3O3/c1-27(2,3)21-11-9-19(10-12-21)23-22(24(31)20-7-5-4-6-8-20)25(32)26(33)30(23)18-17-29-15-13-28-14-16-29/h4-12,23,28,31H,13-18H2,1-3H3. The summed E-state index contributed by atoms with van der Waals surface area (Å²) in [6.07, 6.45) is 0. The van der Waals surface area contributed by atoms with Gasteiger partial charge in [-0.25, -0.2) is 0 Å². The van der Waals surface area contributed by atoms with E-state index in [9.17, 15) is 14.7 Å². The van der Waals surface area contributed by atoms with Gasteiger partial charge in [-0.3, -0.25) is 14.5 Å². The number of nitrogens with zero attached hydrogens (tertiary/aromatic N) is 2. The summed E-state index contributed by atoms with van der Waals surface area (Å²) in [6, 6.07) is 16.4. The van der Waals surface area contributed by atoms with Crippen LogP contribution in [0, 0.1) is 0 Å². The Morgan fingerprint density at radius 2 is 1.61 bits per heavy atom. The van der Waals surface area contributed by atoms with E-state index >= 15 is 0 Å². The Kier molecular flexibility index (Phi) is 6.68. The van der Waals surface area contributed by atoms with Crippen molar-refractivity contribution in [1.29, 1.82) is 0 Å². The molecule has 2 saturated heterocycles. The van der Waals surface area contributed by atoms with E-state index in [0.717, 1.165) is 31.7 Å². The molecular formula is C27H33N3O3. The lowest BCUT2D eigenvalue weighted by Gasteiger charge is -2.31. The average Bonchev–Trinajstić information content (AvgIpc) is 3.08. The third-order valence-corrected chi connectivity index (χ3v) is 6.55. The van der Waals surface area contributed by atoms with Gasteiger partial charge in [0.25, 0.3) is 11.7 Å². The van der Waals surface area contributed by atoms with E-state index < -0.39 is 17.7 Å². The molecule has 1 atom stereocenters. The summed E-state index contributed by atoms with van der Waals surface area (Å²) in [5.41, 5.74) is 2.70. The molecule has 6 nitrogen and oxygen atoms in total. The van der Waals surface area contributed by atoms with E-state index in [0.29, 0.717) is 18.7 Å². The Morgan fingerprint density at radius 3 is 2.21 bits per heavy atom. The van der Waals surface area contributed by atoms with Crippen molar-refractivity contribution >= 4 is 17.4 Å². The molecule has 0 radical (unpaired) electrons. The molecule has 0 aromatic heterocycles. The molecule has 2 N–H and O–H groups in total. The monoisotopic (exact) mass is 447 g/mol. The molecule has 2 heterocycles. The lowest BCUT2D eigenvalue weighted by Crippen LogP contribution is -2.46. The van der Waals surface area contributed by atoms with Gasteiger partial charge in [-0.2, -0.15) is 0 Å². The number of amides is 1. The number of aliphatic hydroxyl groups is 1. The Hall–Kier alpha value is -2.96. The molecule has 33 heavy (non-hydrogen) atoms. The minimum Gasteiger partial charge on any atom is -0.507 e. The van der Waals surface area contributed by atoms with Crippen molar-refractivity contribution in [2.75, 3.05) is 39.3 Å². The summed E-state index contributed by atoms with van der Waals surface area (Å²) in [4.78, 5) is 30.2. The first-order valence-electron chi connectivity index (χ1n) is 11.6. The van der Waals surface area contributed by atoms with Crippen LogP contribution in [0.5, 0.6) is 0 Å². The molecule has 0 spiro atoms. The molecule has 0 aliphatic carbocycles. The van der Waals surface area contributed by atoms with Crippen molar-refractivity contribution in [3.63, 3.8) is 0 Å². The third-order valence-electron chi connectivity index (χ3n) is 6.55. The summed E-state index contributed by atoms with van der Waals surface area (Å²) in [5.74, 6) is -1.29. The molecule has 2 aliphatic rings. The van der Waals surface area contributed by atoms with E-state index in [2.05, 4.69) is 31.0 Å². The zero-order valence-electron chi connectivity index (χ0n) is 19.7. The van der Waals surface area contributed by atoms with Gasteiger partial charge in [-0.15, -0.1) is 0 Å². The maximum atomic E-state index is 13.2. The van der Waals surface area contributed by atoms with E-state index in [4.69, 9.17) is 0 Å². The zero-order chi connectivity index (χ0) is 23.6. The number of aliphatic hydroxyl groups excluding tert-OH is 1. The van der Waals surface area contributed by atoms with Crippen molar-refractivity contribution in [3.8, 4) is 0 Å². The number of nitrogens with one attached hydrogen (secondary N) is 1. The van der Waals surface area contributed by atoms with Gasteiger partial charge in [0.2, 0.25) is 0 Å². The van der Waals surface area contributed by atoms with E-state index in [1.54, 1.807) is 17.0 Å². The summed E-state index contributed by atoms with van der Waals surface area (Å²) >= 11 is 0. The molecule has 2 fully saturated rings. The zero-order valence-corrected chi connectivity index (χ0v) is 19.7. The largest absolute Gasteiger partial charge is 0.507 e. The first-order valence-corrected chi connectivity index (χ1v) is 11.6. The van der Waals surface area contributed by atoms with Crippen LogP contribution in [0.4, 0.5) is 0 Å². The highest BCUT2D eigenvalue weighted by molar-refractivity contribution is 6.46. The quantitative estimate of drug-likeness (QED) is 0.418.